The molecule has 0 spiro atoms. The highest BCUT2D eigenvalue weighted by Crippen LogP contribution is 2.30. The third-order valence-corrected chi connectivity index (χ3v) is 3.95. The summed E-state index contributed by atoms with van der Waals surface area (Å²) in [5.74, 6) is -0.568. The van der Waals surface area contributed by atoms with Crippen molar-refractivity contribution in [2.75, 3.05) is 13.7 Å². The molecule has 2 rings (SSSR count). The summed E-state index contributed by atoms with van der Waals surface area (Å²) in [6, 6.07) is 4.39. The maximum absolute atomic E-state index is 11.1. The van der Waals surface area contributed by atoms with Crippen LogP contribution < -0.4 is 4.74 Å². The number of carbonyl (C=O) groups is 2. The molecule has 1 fully saturated rings. The summed E-state index contributed by atoms with van der Waals surface area (Å²) in [6.45, 7) is 0.218. The summed E-state index contributed by atoms with van der Waals surface area (Å²) >= 11 is 6.05. The van der Waals surface area contributed by atoms with Gasteiger partial charge in [-0.15, -0.1) is 0 Å². The van der Waals surface area contributed by atoms with E-state index in [0.717, 1.165) is 10.5 Å². The lowest BCUT2D eigenvalue weighted by Crippen LogP contribution is -2.39. The van der Waals surface area contributed by atoms with Gasteiger partial charge in [0.2, 0.25) is 0 Å². The zero-order valence-corrected chi connectivity index (χ0v) is 12.2. The minimum atomic E-state index is -1.20. The molecule has 1 aromatic rings. The van der Waals surface area contributed by atoms with Crippen LogP contribution in [-0.2, 0) is 11.2 Å². The van der Waals surface area contributed by atoms with E-state index in [1.165, 1.54) is 7.11 Å². The third kappa shape index (κ3) is 3.39. The molecule has 0 radical (unpaired) electrons. The SMILES string of the molecule is COc1ccc(CC2C[C@@H](C(=O)O)N(C(=O)O)C2)cc1Cl. The maximum Gasteiger partial charge on any atom is 0.408 e. The van der Waals surface area contributed by atoms with E-state index in [-0.39, 0.29) is 12.5 Å². The summed E-state index contributed by atoms with van der Waals surface area (Å²) in [4.78, 5) is 23.2. The second-order valence-electron chi connectivity index (χ2n) is 5.06. The Morgan fingerprint density at radius 1 is 1.43 bits per heavy atom. The molecule has 0 saturated carbocycles. The number of hydrogen-bond acceptors (Lipinski definition) is 3. The van der Waals surface area contributed by atoms with E-state index in [2.05, 4.69) is 0 Å². The molecule has 1 amide bonds. The van der Waals surface area contributed by atoms with Gasteiger partial charge in [0.15, 0.2) is 0 Å². The van der Waals surface area contributed by atoms with Gasteiger partial charge in [-0.25, -0.2) is 9.59 Å². The molecule has 0 aromatic heterocycles. The number of nitrogens with zero attached hydrogens (tertiary/aromatic N) is 1. The van der Waals surface area contributed by atoms with Crippen LogP contribution in [0.25, 0.3) is 0 Å². The topological polar surface area (TPSA) is 87.1 Å². The van der Waals surface area contributed by atoms with Gasteiger partial charge in [-0.2, -0.15) is 0 Å². The largest absolute Gasteiger partial charge is 0.495 e. The Hall–Kier alpha value is -1.95. The van der Waals surface area contributed by atoms with Crippen molar-refractivity contribution in [3.05, 3.63) is 28.8 Å². The zero-order chi connectivity index (χ0) is 15.6. The number of likely N-dealkylation sites (tertiary alicyclic amines) is 1. The van der Waals surface area contributed by atoms with Crippen molar-refractivity contribution in [1.82, 2.24) is 4.90 Å². The van der Waals surface area contributed by atoms with Gasteiger partial charge in [0.05, 0.1) is 12.1 Å². The van der Waals surface area contributed by atoms with Crippen molar-refractivity contribution in [1.29, 1.82) is 0 Å². The van der Waals surface area contributed by atoms with Crippen LogP contribution in [0.5, 0.6) is 5.75 Å². The Balaban J connectivity index is 2.09. The van der Waals surface area contributed by atoms with Crippen molar-refractivity contribution in [3.63, 3.8) is 0 Å². The third-order valence-electron chi connectivity index (χ3n) is 3.66. The average Bonchev–Trinajstić information content (AvgIpc) is 2.83. The number of benzene rings is 1. The first-order valence-corrected chi connectivity index (χ1v) is 6.85. The van der Waals surface area contributed by atoms with Crippen LogP contribution in [0.4, 0.5) is 4.79 Å². The lowest BCUT2D eigenvalue weighted by Gasteiger charge is -2.16. The summed E-state index contributed by atoms with van der Waals surface area (Å²) in [5.41, 5.74) is 0.933. The van der Waals surface area contributed by atoms with Crippen molar-refractivity contribution >= 4 is 23.7 Å². The van der Waals surface area contributed by atoms with E-state index < -0.39 is 18.1 Å². The molecule has 6 nitrogen and oxygen atoms in total. The summed E-state index contributed by atoms with van der Waals surface area (Å²) < 4.78 is 5.07. The second-order valence-corrected chi connectivity index (χ2v) is 5.47. The summed E-state index contributed by atoms with van der Waals surface area (Å²) in [5, 5.41) is 18.6. The van der Waals surface area contributed by atoms with Gasteiger partial charge in [-0.05, 0) is 36.5 Å². The molecule has 114 valence electrons. The molecule has 7 heteroatoms. The molecule has 1 unspecified atom stereocenters. The van der Waals surface area contributed by atoms with E-state index >= 15 is 0 Å². The van der Waals surface area contributed by atoms with E-state index in [0.29, 0.717) is 23.6 Å². The molecule has 1 heterocycles. The van der Waals surface area contributed by atoms with Gasteiger partial charge >= 0.3 is 12.1 Å². The standard InChI is InChI=1S/C14H16ClNO5/c1-21-12-3-2-8(5-10(12)15)4-9-6-11(13(17)18)16(7-9)14(19)20/h2-3,5,9,11H,4,6-7H2,1H3,(H,17,18)(H,19,20)/t9?,11-/m0/s1. The van der Waals surface area contributed by atoms with Crippen LogP contribution in [0.2, 0.25) is 5.02 Å². The fourth-order valence-electron chi connectivity index (χ4n) is 2.69. The molecule has 0 bridgehead atoms. The Bertz CT molecular complexity index is 540. The minimum absolute atomic E-state index is 0.0355. The van der Waals surface area contributed by atoms with E-state index in [1.54, 1.807) is 12.1 Å². The van der Waals surface area contributed by atoms with Crippen molar-refractivity contribution in [2.24, 2.45) is 5.92 Å². The first kappa shape index (κ1) is 15.4. The number of carboxylic acids is 1. The van der Waals surface area contributed by atoms with E-state index in [4.69, 9.17) is 26.6 Å². The lowest BCUT2D eigenvalue weighted by atomic mass is 9.96. The Morgan fingerprint density at radius 3 is 2.62 bits per heavy atom. The fraction of sp³-hybridized carbons (Fsp3) is 0.429. The van der Waals surface area contributed by atoms with Crippen molar-refractivity contribution in [2.45, 2.75) is 18.9 Å². The quantitative estimate of drug-likeness (QED) is 0.891. The second kappa shape index (κ2) is 6.22. The summed E-state index contributed by atoms with van der Waals surface area (Å²) in [7, 11) is 1.53. The molecular weight excluding hydrogens is 298 g/mol. The van der Waals surface area contributed by atoms with E-state index in [1.807, 2.05) is 6.07 Å². The predicted molar refractivity (Wildman–Crippen MR) is 76.0 cm³/mol. The minimum Gasteiger partial charge on any atom is -0.495 e. The average molecular weight is 314 g/mol. The number of hydrogen-bond donors (Lipinski definition) is 2. The highest BCUT2D eigenvalue weighted by Gasteiger charge is 2.39. The molecule has 2 N–H and O–H groups in total. The first-order valence-electron chi connectivity index (χ1n) is 6.47. The van der Waals surface area contributed by atoms with Crippen molar-refractivity contribution in [3.8, 4) is 5.75 Å². The maximum atomic E-state index is 11.1. The normalized spacial score (nSPS) is 21.3. The van der Waals surface area contributed by atoms with Crippen LogP contribution in [0.1, 0.15) is 12.0 Å². The number of amides is 1. The van der Waals surface area contributed by atoms with Crippen LogP contribution in [0.15, 0.2) is 18.2 Å². The fourth-order valence-corrected chi connectivity index (χ4v) is 2.97. The Kier molecular flexibility index (Phi) is 4.57. The Labute approximate surface area is 126 Å². The smallest absolute Gasteiger partial charge is 0.408 e. The molecule has 2 atom stereocenters. The highest BCUT2D eigenvalue weighted by atomic mass is 35.5. The van der Waals surface area contributed by atoms with Gasteiger partial charge in [-0.3, -0.25) is 4.90 Å². The number of methoxy groups -OCH3 is 1. The molecular formula is C14H16ClNO5. The molecule has 1 saturated heterocycles. The van der Waals surface area contributed by atoms with Crippen LogP contribution in [0.3, 0.4) is 0 Å². The van der Waals surface area contributed by atoms with Crippen LogP contribution >= 0.6 is 11.6 Å². The monoisotopic (exact) mass is 313 g/mol. The number of ether oxygens (including phenoxy) is 1. The van der Waals surface area contributed by atoms with Gasteiger partial charge < -0.3 is 14.9 Å². The zero-order valence-electron chi connectivity index (χ0n) is 11.5. The summed E-state index contributed by atoms with van der Waals surface area (Å²) in [6.07, 6.45) is -0.305. The van der Waals surface area contributed by atoms with Crippen molar-refractivity contribution < 1.29 is 24.5 Å². The number of aliphatic carboxylic acids is 1. The molecule has 1 aliphatic heterocycles. The number of halogens is 1. The molecule has 0 aliphatic carbocycles. The predicted octanol–water partition coefficient (Wildman–Crippen LogP) is 2.34. The number of carboxylic acid groups (broad SMARTS) is 2. The Morgan fingerprint density at radius 2 is 2.14 bits per heavy atom. The number of rotatable bonds is 4. The van der Waals surface area contributed by atoms with Gasteiger partial charge in [0.1, 0.15) is 11.8 Å². The van der Waals surface area contributed by atoms with Gasteiger partial charge in [-0.1, -0.05) is 17.7 Å². The van der Waals surface area contributed by atoms with Gasteiger partial charge in [0, 0.05) is 6.54 Å². The first-order chi connectivity index (χ1) is 9.92. The van der Waals surface area contributed by atoms with Gasteiger partial charge in [0.25, 0.3) is 0 Å². The molecule has 21 heavy (non-hydrogen) atoms. The molecule has 1 aliphatic rings. The molecule has 1 aromatic carbocycles. The van der Waals surface area contributed by atoms with E-state index in [9.17, 15) is 9.59 Å². The van der Waals surface area contributed by atoms with Crippen LogP contribution in [0, 0.1) is 5.92 Å². The highest BCUT2D eigenvalue weighted by molar-refractivity contribution is 6.32. The van der Waals surface area contributed by atoms with Crippen LogP contribution in [-0.4, -0.2) is 46.9 Å². The lowest BCUT2D eigenvalue weighted by molar-refractivity contribution is -0.141.